The van der Waals surface area contributed by atoms with Gasteiger partial charge in [-0.1, -0.05) is 0 Å². The maximum atomic E-state index is 12.7. The fraction of sp³-hybridized carbons (Fsp3) is 0.357. The first-order valence-corrected chi connectivity index (χ1v) is 8.19. The van der Waals surface area contributed by atoms with E-state index in [1.165, 1.54) is 22.6 Å². The summed E-state index contributed by atoms with van der Waals surface area (Å²) >= 11 is 0. The largest absolute Gasteiger partial charge is 0.465 e. The van der Waals surface area contributed by atoms with Crippen LogP contribution in [0.5, 0.6) is 0 Å². The van der Waals surface area contributed by atoms with Crippen LogP contribution in [-0.4, -0.2) is 23.7 Å². The molecule has 1 aliphatic carbocycles. The summed E-state index contributed by atoms with van der Waals surface area (Å²) in [6.45, 7) is 2.08. The first-order valence-electron chi connectivity index (χ1n) is 6.75. The third-order valence-corrected chi connectivity index (χ3v) is 5.31. The van der Waals surface area contributed by atoms with Crippen molar-refractivity contribution >= 4 is 15.8 Å². The molecule has 2 aromatic heterocycles. The minimum atomic E-state index is -3.59. The van der Waals surface area contributed by atoms with Crippen molar-refractivity contribution in [2.24, 2.45) is 0 Å². The van der Waals surface area contributed by atoms with E-state index in [4.69, 9.17) is 10.2 Å². The van der Waals surface area contributed by atoms with Gasteiger partial charge in [0.2, 0.25) is 10.0 Å². The van der Waals surface area contributed by atoms with Crippen molar-refractivity contribution in [1.82, 2.24) is 9.29 Å². The molecule has 0 bridgehead atoms. The van der Waals surface area contributed by atoms with Crippen LogP contribution in [0.15, 0.2) is 39.8 Å². The van der Waals surface area contributed by atoms with Crippen molar-refractivity contribution in [2.45, 2.75) is 37.2 Å². The highest BCUT2D eigenvalue weighted by Crippen LogP contribution is 2.33. The van der Waals surface area contributed by atoms with Crippen LogP contribution < -0.4 is 5.73 Å². The Morgan fingerprint density at radius 2 is 2.10 bits per heavy atom. The zero-order valence-corrected chi connectivity index (χ0v) is 12.5. The average molecular weight is 307 g/mol. The highest BCUT2D eigenvalue weighted by atomic mass is 32.2. The lowest BCUT2D eigenvalue weighted by Gasteiger charge is -2.20. The molecule has 0 aliphatic heterocycles. The van der Waals surface area contributed by atoms with Crippen LogP contribution in [0.4, 0.5) is 5.82 Å². The maximum absolute atomic E-state index is 12.7. The molecule has 21 heavy (non-hydrogen) atoms. The molecular formula is C14H17N3O3S. The lowest BCUT2D eigenvalue weighted by atomic mass is 10.4. The number of aryl methyl sites for hydroxylation is 1. The summed E-state index contributed by atoms with van der Waals surface area (Å²) in [4.78, 5) is 4.03. The summed E-state index contributed by atoms with van der Waals surface area (Å²) in [5.41, 5.74) is 5.51. The van der Waals surface area contributed by atoms with Crippen LogP contribution in [0, 0.1) is 6.92 Å². The Hall–Kier alpha value is -1.86. The van der Waals surface area contributed by atoms with E-state index in [0.29, 0.717) is 11.6 Å². The number of rotatable bonds is 5. The number of hydrogen-bond acceptors (Lipinski definition) is 5. The second kappa shape index (κ2) is 5.16. The van der Waals surface area contributed by atoms with E-state index in [9.17, 15) is 8.42 Å². The third-order valence-electron chi connectivity index (χ3n) is 3.43. The Morgan fingerprint density at radius 3 is 2.62 bits per heavy atom. The molecule has 2 heterocycles. The van der Waals surface area contributed by atoms with E-state index in [1.807, 2.05) is 19.1 Å². The van der Waals surface area contributed by atoms with E-state index in [0.717, 1.165) is 18.6 Å². The van der Waals surface area contributed by atoms with Crippen molar-refractivity contribution in [2.75, 3.05) is 5.73 Å². The smallest absolute Gasteiger partial charge is 0.245 e. The topological polar surface area (TPSA) is 89.4 Å². The van der Waals surface area contributed by atoms with Crippen molar-refractivity contribution in [3.05, 3.63) is 42.0 Å². The van der Waals surface area contributed by atoms with E-state index in [1.54, 1.807) is 0 Å². The average Bonchev–Trinajstić information content (AvgIpc) is 3.19. The molecule has 2 aromatic rings. The maximum Gasteiger partial charge on any atom is 0.245 e. The molecule has 0 unspecified atom stereocenters. The SMILES string of the molecule is Cc1ccc(CN(C2CC2)S(=O)(=O)c2ccc(N)nc2)o1. The molecule has 112 valence electrons. The Labute approximate surface area is 123 Å². The highest BCUT2D eigenvalue weighted by molar-refractivity contribution is 7.89. The molecule has 0 spiro atoms. The van der Waals surface area contributed by atoms with Gasteiger partial charge in [-0.2, -0.15) is 4.31 Å². The second-order valence-corrected chi connectivity index (χ2v) is 7.10. The van der Waals surface area contributed by atoms with Crippen LogP contribution >= 0.6 is 0 Å². The Kier molecular flexibility index (Phi) is 3.46. The van der Waals surface area contributed by atoms with Crippen molar-refractivity contribution in [1.29, 1.82) is 0 Å². The summed E-state index contributed by atoms with van der Waals surface area (Å²) in [5.74, 6) is 1.72. The van der Waals surface area contributed by atoms with Crippen LogP contribution in [0.1, 0.15) is 24.4 Å². The molecule has 0 radical (unpaired) electrons. The van der Waals surface area contributed by atoms with Gasteiger partial charge in [0, 0.05) is 12.2 Å². The fourth-order valence-electron chi connectivity index (χ4n) is 2.18. The molecule has 7 heteroatoms. The number of aromatic nitrogens is 1. The predicted octanol–water partition coefficient (Wildman–Crippen LogP) is 1.92. The first kappa shape index (κ1) is 14.1. The van der Waals surface area contributed by atoms with Gasteiger partial charge in [0.05, 0.1) is 6.54 Å². The molecule has 0 aromatic carbocycles. The van der Waals surface area contributed by atoms with Crippen LogP contribution in [0.2, 0.25) is 0 Å². The van der Waals surface area contributed by atoms with Crippen molar-refractivity contribution in [3.63, 3.8) is 0 Å². The zero-order valence-electron chi connectivity index (χ0n) is 11.7. The predicted molar refractivity (Wildman–Crippen MR) is 77.8 cm³/mol. The monoisotopic (exact) mass is 307 g/mol. The standard InChI is InChI=1S/C14H17N3O3S/c1-10-2-5-12(20-10)9-17(11-3-4-11)21(18,19)13-6-7-14(15)16-8-13/h2,5-8,11H,3-4,9H2,1H3,(H2,15,16). The molecular weight excluding hydrogens is 290 g/mol. The molecule has 1 fully saturated rings. The van der Waals surface area contributed by atoms with Gasteiger partial charge in [-0.15, -0.1) is 0 Å². The molecule has 1 saturated carbocycles. The minimum absolute atomic E-state index is 0.0398. The number of furan rings is 1. The molecule has 0 saturated heterocycles. The summed E-state index contributed by atoms with van der Waals surface area (Å²) in [5, 5.41) is 0. The number of nitrogens with zero attached hydrogens (tertiary/aromatic N) is 2. The molecule has 3 rings (SSSR count). The van der Waals surface area contributed by atoms with Gasteiger partial charge in [-0.25, -0.2) is 13.4 Å². The lowest BCUT2D eigenvalue weighted by Crippen LogP contribution is -2.32. The normalized spacial score (nSPS) is 15.5. The third kappa shape index (κ3) is 2.93. The molecule has 1 aliphatic rings. The van der Waals surface area contributed by atoms with Crippen LogP contribution in [0.3, 0.4) is 0 Å². The molecule has 2 N–H and O–H groups in total. The van der Waals surface area contributed by atoms with Crippen LogP contribution in [0.25, 0.3) is 0 Å². The molecule has 0 atom stereocenters. The van der Waals surface area contributed by atoms with E-state index in [-0.39, 0.29) is 17.5 Å². The summed E-state index contributed by atoms with van der Waals surface area (Å²) < 4.78 is 32.5. The summed E-state index contributed by atoms with van der Waals surface area (Å²) in [6.07, 6.45) is 3.05. The van der Waals surface area contributed by atoms with Crippen molar-refractivity contribution in [3.8, 4) is 0 Å². The Morgan fingerprint density at radius 1 is 1.33 bits per heavy atom. The van der Waals surface area contributed by atoms with Gasteiger partial charge in [-0.05, 0) is 44.0 Å². The number of pyridine rings is 1. The Balaban J connectivity index is 1.90. The van der Waals surface area contributed by atoms with E-state index < -0.39 is 10.0 Å². The zero-order chi connectivity index (χ0) is 15.0. The summed E-state index contributed by atoms with van der Waals surface area (Å²) in [7, 11) is -3.59. The number of anilines is 1. The first-order chi connectivity index (χ1) is 9.96. The fourth-order valence-corrected chi connectivity index (χ4v) is 3.77. The minimum Gasteiger partial charge on any atom is -0.465 e. The summed E-state index contributed by atoms with van der Waals surface area (Å²) in [6, 6.07) is 6.66. The Bertz CT molecular complexity index is 733. The van der Waals surface area contributed by atoms with E-state index >= 15 is 0 Å². The number of hydrogen-bond donors (Lipinski definition) is 1. The van der Waals surface area contributed by atoms with Gasteiger partial charge in [0.15, 0.2) is 0 Å². The van der Waals surface area contributed by atoms with Gasteiger partial charge in [0.25, 0.3) is 0 Å². The number of sulfonamides is 1. The number of nitrogens with two attached hydrogens (primary N) is 1. The lowest BCUT2D eigenvalue weighted by molar-refractivity contribution is 0.351. The van der Waals surface area contributed by atoms with Gasteiger partial charge < -0.3 is 10.2 Å². The molecule has 6 nitrogen and oxygen atoms in total. The molecule has 0 amide bonds. The second-order valence-electron chi connectivity index (χ2n) is 5.21. The number of nitrogen functional groups attached to an aromatic ring is 1. The van der Waals surface area contributed by atoms with Crippen molar-refractivity contribution < 1.29 is 12.8 Å². The van der Waals surface area contributed by atoms with Gasteiger partial charge >= 0.3 is 0 Å². The quantitative estimate of drug-likeness (QED) is 0.911. The van der Waals surface area contributed by atoms with Gasteiger partial charge in [0.1, 0.15) is 22.2 Å². The van der Waals surface area contributed by atoms with Crippen LogP contribution in [-0.2, 0) is 16.6 Å². The highest BCUT2D eigenvalue weighted by Gasteiger charge is 2.38. The van der Waals surface area contributed by atoms with E-state index in [2.05, 4.69) is 4.98 Å². The van der Waals surface area contributed by atoms with Gasteiger partial charge in [-0.3, -0.25) is 0 Å².